The monoisotopic (exact) mass is 304 g/mol. The average Bonchev–Trinajstić information content (AvgIpc) is 2.52. The van der Waals surface area contributed by atoms with Gasteiger partial charge in [0, 0.05) is 31.7 Å². The Labute approximate surface area is 131 Å². The van der Waals surface area contributed by atoms with Crippen LogP contribution in [0.2, 0.25) is 0 Å². The van der Waals surface area contributed by atoms with Crippen molar-refractivity contribution in [3.8, 4) is 0 Å². The molecule has 0 aliphatic carbocycles. The summed E-state index contributed by atoms with van der Waals surface area (Å²) in [6, 6.07) is 5.54. The van der Waals surface area contributed by atoms with Gasteiger partial charge in [-0.25, -0.2) is 4.98 Å². The first kappa shape index (κ1) is 16.4. The molecule has 0 bridgehead atoms. The molecule has 1 atom stereocenters. The highest BCUT2D eigenvalue weighted by Gasteiger charge is 2.28. The summed E-state index contributed by atoms with van der Waals surface area (Å²) in [7, 11) is 1.83. The summed E-state index contributed by atoms with van der Waals surface area (Å²) in [5.74, 6) is 0.475. The van der Waals surface area contributed by atoms with Gasteiger partial charge in [-0.05, 0) is 38.9 Å². The number of anilines is 1. The molecule has 0 radical (unpaired) electrons. The summed E-state index contributed by atoms with van der Waals surface area (Å²) in [6.45, 7) is 3.80. The van der Waals surface area contributed by atoms with Crippen LogP contribution < -0.4 is 10.6 Å². The maximum atomic E-state index is 12.4. The molecular weight excluding hydrogens is 280 g/mol. The quantitative estimate of drug-likeness (QED) is 0.856. The van der Waals surface area contributed by atoms with Crippen molar-refractivity contribution in [1.82, 2.24) is 15.2 Å². The molecule has 0 spiro atoms. The van der Waals surface area contributed by atoms with E-state index in [1.807, 2.05) is 26.1 Å². The lowest BCUT2D eigenvalue weighted by Gasteiger charge is -2.32. The van der Waals surface area contributed by atoms with Gasteiger partial charge in [0.1, 0.15) is 5.82 Å². The standard InChI is InChI=1S/C16H24N4O2/c1-12-5-3-7-14(18-12)19-16(22)13-6-4-10-20(11-13)15(21)8-9-17-2/h3,5,7,13,17H,4,6,8-11H2,1-2H3,(H,18,19,22). The summed E-state index contributed by atoms with van der Waals surface area (Å²) >= 11 is 0. The van der Waals surface area contributed by atoms with Gasteiger partial charge in [-0.3, -0.25) is 9.59 Å². The number of likely N-dealkylation sites (tertiary alicyclic amines) is 1. The van der Waals surface area contributed by atoms with Crippen LogP contribution in [0.15, 0.2) is 18.2 Å². The van der Waals surface area contributed by atoms with Crippen molar-refractivity contribution >= 4 is 17.6 Å². The number of aryl methyl sites for hydroxylation is 1. The van der Waals surface area contributed by atoms with E-state index in [2.05, 4.69) is 15.6 Å². The number of rotatable bonds is 5. The number of amides is 2. The molecule has 1 fully saturated rings. The van der Waals surface area contributed by atoms with Crippen molar-refractivity contribution in [3.05, 3.63) is 23.9 Å². The average molecular weight is 304 g/mol. The highest BCUT2D eigenvalue weighted by molar-refractivity contribution is 5.92. The van der Waals surface area contributed by atoms with Crippen molar-refractivity contribution in [2.24, 2.45) is 5.92 Å². The number of hydrogen-bond donors (Lipinski definition) is 2. The minimum Gasteiger partial charge on any atom is -0.342 e. The van der Waals surface area contributed by atoms with Crippen LogP contribution in [0.25, 0.3) is 0 Å². The van der Waals surface area contributed by atoms with Crippen LogP contribution >= 0.6 is 0 Å². The summed E-state index contributed by atoms with van der Waals surface area (Å²) in [6.07, 6.45) is 2.16. The van der Waals surface area contributed by atoms with Crippen LogP contribution in [0.1, 0.15) is 25.0 Å². The molecule has 1 unspecified atom stereocenters. The van der Waals surface area contributed by atoms with E-state index in [0.717, 1.165) is 25.1 Å². The zero-order chi connectivity index (χ0) is 15.9. The van der Waals surface area contributed by atoms with Crippen molar-refractivity contribution < 1.29 is 9.59 Å². The van der Waals surface area contributed by atoms with Crippen LogP contribution in [0.5, 0.6) is 0 Å². The second-order valence-corrected chi connectivity index (χ2v) is 5.69. The van der Waals surface area contributed by atoms with Gasteiger partial charge in [-0.1, -0.05) is 6.07 Å². The smallest absolute Gasteiger partial charge is 0.230 e. The van der Waals surface area contributed by atoms with E-state index in [1.165, 1.54) is 0 Å². The molecule has 1 saturated heterocycles. The number of aromatic nitrogens is 1. The van der Waals surface area contributed by atoms with E-state index in [1.54, 1.807) is 11.0 Å². The van der Waals surface area contributed by atoms with Gasteiger partial charge in [0.2, 0.25) is 11.8 Å². The van der Waals surface area contributed by atoms with E-state index in [0.29, 0.717) is 25.3 Å². The Hall–Kier alpha value is -1.95. The lowest BCUT2D eigenvalue weighted by molar-refractivity contribution is -0.134. The molecule has 120 valence electrons. The van der Waals surface area contributed by atoms with Crippen LogP contribution in [0.4, 0.5) is 5.82 Å². The SMILES string of the molecule is CNCCC(=O)N1CCCC(C(=O)Nc2cccc(C)n2)C1. The third kappa shape index (κ3) is 4.53. The molecule has 22 heavy (non-hydrogen) atoms. The van der Waals surface area contributed by atoms with E-state index in [-0.39, 0.29) is 17.7 Å². The first-order chi connectivity index (χ1) is 10.6. The summed E-state index contributed by atoms with van der Waals surface area (Å²) in [5.41, 5.74) is 0.866. The zero-order valence-corrected chi connectivity index (χ0v) is 13.3. The Morgan fingerprint density at radius 3 is 2.95 bits per heavy atom. The predicted molar refractivity (Wildman–Crippen MR) is 85.5 cm³/mol. The Balaban J connectivity index is 1.91. The molecule has 6 heteroatoms. The van der Waals surface area contributed by atoms with Crippen molar-refractivity contribution in [2.45, 2.75) is 26.2 Å². The molecule has 0 saturated carbocycles. The van der Waals surface area contributed by atoms with Crippen LogP contribution in [0.3, 0.4) is 0 Å². The van der Waals surface area contributed by atoms with Gasteiger partial charge < -0.3 is 15.5 Å². The number of pyridine rings is 1. The molecule has 1 aromatic heterocycles. The summed E-state index contributed by atoms with van der Waals surface area (Å²) < 4.78 is 0. The molecule has 6 nitrogen and oxygen atoms in total. The molecule has 2 N–H and O–H groups in total. The topological polar surface area (TPSA) is 74.3 Å². The van der Waals surface area contributed by atoms with Gasteiger partial charge in [0.15, 0.2) is 0 Å². The fraction of sp³-hybridized carbons (Fsp3) is 0.562. The number of piperidine rings is 1. The van der Waals surface area contributed by atoms with Crippen molar-refractivity contribution in [1.29, 1.82) is 0 Å². The van der Waals surface area contributed by atoms with Crippen molar-refractivity contribution in [3.63, 3.8) is 0 Å². The molecule has 2 rings (SSSR count). The Bertz CT molecular complexity index is 533. The second-order valence-electron chi connectivity index (χ2n) is 5.69. The Morgan fingerprint density at radius 1 is 1.41 bits per heavy atom. The second kappa shape index (κ2) is 7.89. The van der Waals surface area contributed by atoms with Crippen LogP contribution in [-0.2, 0) is 9.59 Å². The summed E-state index contributed by atoms with van der Waals surface area (Å²) in [4.78, 5) is 30.5. The third-order valence-electron chi connectivity index (χ3n) is 3.87. The fourth-order valence-electron chi connectivity index (χ4n) is 2.65. The number of hydrogen-bond acceptors (Lipinski definition) is 4. The molecule has 1 aliphatic rings. The van der Waals surface area contributed by atoms with Crippen LogP contribution in [-0.4, -0.2) is 48.4 Å². The largest absolute Gasteiger partial charge is 0.342 e. The van der Waals surface area contributed by atoms with Crippen molar-refractivity contribution in [2.75, 3.05) is 32.0 Å². The normalized spacial score (nSPS) is 18.1. The first-order valence-electron chi connectivity index (χ1n) is 7.77. The highest BCUT2D eigenvalue weighted by atomic mass is 16.2. The van der Waals surface area contributed by atoms with E-state index < -0.39 is 0 Å². The molecule has 2 amide bonds. The fourth-order valence-corrected chi connectivity index (χ4v) is 2.65. The van der Waals surface area contributed by atoms with Gasteiger partial charge in [-0.15, -0.1) is 0 Å². The molecule has 1 aromatic rings. The predicted octanol–water partition coefficient (Wildman–Crippen LogP) is 1.18. The van der Waals surface area contributed by atoms with E-state index >= 15 is 0 Å². The lowest BCUT2D eigenvalue weighted by atomic mass is 9.97. The number of carbonyl (C=O) groups excluding carboxylic acids is 2. The van der Waals surface area contributed by atoms with E-state index in [9.17, 15) is 9.59 Å². The molecule has 1 aliphatic heterocycles. The zero-order valence-electron chi connectivity index (χ0n) is 13.3. The molecular formula is C16H24N4O2. The lowest BCUT2D eigenvalue weighted by Crippen LogP contribution is -2.44. The van der Waals surface area contributed by atoms with E-state index in [4.69, 9.17) is 0 Å². The van der Waals surface area contributed by atoms with Gasteiger partial charge in [0.05, 0.1) is 5.92 Å². The Kier molecular flexibility index (Phi) is 5.89. The number of nitrogens with one attached hydrogen (secondary N) is 2. The van der Waals surface area contributed by atoms with Crippen LogP contribution in [0, 0.1) is 12.8 Å². The number of nitrogens with zero attached hydrogens (tertiary/aromatic N) is 2. The first-order valence-corrected chi connectivity index (χ1v) is 7.77. The third-order valence-corrected chi connectivity index (χ3v) is 3.87. The van der Waals surface area contributed by atoms with Gasteiger partial charge >= 0.3 is 0 Å². The maximum Gasteiger partial charge on any atom is 0.230 e. The highest BCUT2D eigenvalue weighted by Crippen LogP contribution is 2.19. The molecule has 0 aromatic carbocycles. The van der Waals surface area contributed by atoms with Gasteiger partial charge in [-0.2, -0.15) is 0 Å². The number of carbonyl (C=O) groups is 2. The Morgan fingerprint density at radius 2 is 2.23 bits per heavy atom. The minimum absolute atomic E-state index is 0.0517. The summed E-state index contributed by atoms with van der Waals surface area (Å²) in [5, 5.41) is 5.83. The minimum atomic E-state index is -0.158. The van der Waals surface area contributed by atoms with Gasteiger partial charge in [0.25, 0.3) is 0 Å². The maximum absolute atomic E-state index is 12.4. The molecule has 2 heterocycles.